The summed E-state index contributed by atoms with van der Waals surface area (Å²) >= 11 is 0. The zero-order valence-corrected chi connectivity index (χ0v) is 11.0. The lowest BCUT2D eigenvalue weighted by atomic mass is 9.93. The molecule has 0 amide bonds. The van der Waals surface area contributed by atoms with Gasteiger partial charge < -0.3 is 5.73 Å². The van der Waals surface area contributed by atoms with Gasteiger partial charge in [0.15, 0.2) is 0 Å². The molecule has 1 atom stereocenters. The fourth-order valence-electron chi connectivity index (χ4n) is 2.43. The number of hydrogen-bond donors (Lipinski definition) is 1. The second-order valence-electron chi connectivity index (χ2n) is 5.68. The van der Waals surface area contributed by atoms with Gasteiger partial charge in [0, 0.05) is 30.7 Å². The minimum atomic E-state index is 0.266. The largest absolute Gasteiger partial charge is 0.330 e. The number of hydrogen-bond acceptors (Lipinski definition) is 3. The number of nitrogens with two attached hydrogens (primary N) is 1. The summed E-state index contributed by atoms with van der Waals surface area (Å²) in [4.78, 5) is 5.07. The third-order valence-electron chi connectivity index (χ3n) is 3.77. The summed E-state index contributed by atoms with van der Waals surface area (Å²) in [5, 5.41) is 0. The van der Waals surface area contributed by atoms with Gasteiger partial charge in [-0.25, -0.2) is 0 Å². The minimum absolute atomic E-state index is 0.266. The van der Waals surface area contributed by atoms with E-state index in [0.717, 1.165) is 26.1 Å². The molecule has 0 aromatic carbocycles. The molecule has 15 heavy (non-hydrogen) atoms. The van der Waals surface area contributed by atoms with Crippen molar-refractivity contribution in [2.45, 2.75) is 51.7 Å². The van der Waals surface area contributed by atoms with Crippen LogP contribution in [-0.2, 0) is 0 Å². The highest BCUT2D eigenvalue weighted by atomic mass is 15.3. The lowest BCUT2D eigenvalue weighted by molar-refractivity contribution is -0.0208. The molecular weight excluding hydrogens is 186 g/mol. The quantitative estimate of drug-likeness (QED) is 0.763. The summed E-state index contributed by atoms with van der Waals surface area (Å²) in [6, 6.07) is 1.25. The molecule has 1 unspecified atom stereocenters. The van der Waals surface area contributed by atoms with Crippen LogP contribution in [0.1, 0.15) is 34.1 Å². The number of rotatable bonds is 3. The smallest absolute Gasteiger partial charge is 0.0280 e. The summed E-state index contributed by atoms with van der Waals surface area (Å²) < 4.78 is 0. The molecular formula is C12H27N3. The molecule has 1 aliphatic rings. The van der Waals surface area contributed by atoms with Crippen LogP contribution in [0, 0.1) is 0 Å². The lowest BCUT2D eigenvalue weighted by Crippen LogP contribution is -2.63. The highest BCUT2D eigenvalue weighted by Gasteiger charge is 2.37. The Balaban J connectivity index is 2.72. The molecule has 1 rings (SSSR count). The summed E-state index contributed by atoms with van der Waals surface area (Å²) in [7, 11) is 2.23. The topological polar surface area (TPSA) is 32.5 Å². The van der Waals surface area contributed by atoms with Crippen LogP contribution in [0.25, 0.3) is 0 Å². The van der Waals surface area contributed by atoms with E-state index in [-0.39, 0.29) is 5.54 Å². The first-order chi connectivity index (χ1) is 6.88. The van der Waals surface area contributed by atoms with Crippen molar-refractivity contribution in [3.05, 3.63) is 0 Å². The van der Waals surface area contributed by atoms with Crippen molar-refractivity contribution >= 4 is 0 Å². The molecule has 0 aromatic rings. The monoisotopic (exact) mass is 213 g/mol. The SMILES string of the molecule is CC(C)N1CC(CCN)N(C)C(C)(C)C1. The zero-order valence-electron chi connectivity index (χ0n) is 11.0. The highest BCUT2D eigenvalue weighted by Crippen LogP contribution is 2.25. The maximum atomic E-state index is 5.69. The van der Waals surface area contributed by atoms with Crippen molar-refractivity contribution in [1.82, 2.24) is 9.80 Å². The average Bonchev–Trinajstić information content (AvgIpc) is 2.12. The van der Waals surface area contributed by atoms with Gasteiger partial charge in [-0.1, -0.05) is 0 Å². The average molecular weight is 213 g/mol. The van der Waals surface area contributed by atoms with E-state index in [1.807, 2.05) is 0 Å². The molecule has 1 fully saturated rings. The lowest BCUT2D eigenvalue weighted by Gasteiger charge is -2.51. The highest BCUT2D eigenvalue weighted by molar-refractivity contribution is 4.94. The van der Waals surface area contributed by atoms with Crippen LogP contribution >= 0.6 is 0 Å². The first-order valence-electron chi connectivity index (χ1n) is 6.05. The van der Waals surface area contributed by atoms with Gasteiger partial charge in [-0.2, -0.15) is 0 Å². The predicted octanol–water partition coefficient (Wildman–Crippen LogP) is 1.14. The molecule has 0 saturated carbocycles. The van der Waals surface area contributed by atoms with Crippen molar-refractivity contribution in [2.75, 3.05) is 26.7 Å². The molecule has 0 aliphatic carbocycles. The Morgan fingerprint density at radius 2 is 2.00 bits per heavy atom. The van der Waals surface area contributed by atoms with Crippen LogP contribution in [0.3, 0.4) is 0 Å². The van der Waals surface area contributed by atoms with Gasteiger partial charge in [-0.05, 0) is 47.7 Å². The number of nitrogens with zero attached hydrogens (tertiary/aromatic N) is 2. The first kappa shape index (κ1) is 12.9. The van der Waals surface area contributed by atoms with Gasteiger partial charge in [0.25, 0.3) is 0 Å². The van der Waals surface area contributed by atoms with E-state index < -0.39 is 0 Å². The molecule has 3 heteroatoms. The maximum Gasteiger partial charge on any atom is 0.0280 e. The summed E-state index contributed by atoms with van der Waals surface area (Å²) in [6.45, 7) is 12.3. The van der Waals surface area contributed by atoms with Crippen molar-refractivity contribution in [3.63, 3.8) is 0 Å². The Bertz CT molecular complexity index is 201. The van der Waals surface area contributed by atoms with Crippen molar-refractivity contribution < 1.29 is 0 Å². The maximum absolute atomic E-state index is 5.69. The molecule has 0 radical (unpaired) electrons. The fraction of sp³-hybridized carbons (Fsp3) is 1.00. The third-order valence-corrected chi connectivity index (χ3v) is 3.77. The van der Waals surface area contributed by atoms with Gasteiger partial charge in [0.05, 0.1) is 0 Å². The van der Waals surface area contributed by atoms with E-state index in [9.17, 15) is 0 Å². The fourth-order valence-corrected chi connectivity index (χ4v) is 2.43. The summed E-state index contributed by atoms with van der Waals surface area (Å²) in [5.41, 5.74) is 5.95. The van der Waals surface area contributed by atoms with Crippen molar-refractivity contribution in [3.8, 4) is 0 Å². The molecule has 1 heterocycles. The van der Waals surface area contributed by atoms with Crippen molar-refractivity contribution in [2.24, 2.45) is 5.73 Å². The molecule has 1 saturated heterocycles. The zero-order chi connectivity index (χ0) is 11.6. The molecule has 0 spiro atoms. The van der Waals surface area contributed by atoms with Crippen molar-refractivity contribution in [1.29, 1.82) is 0 Å². The van der Waals surface area contributed by atoms with Gasteiger partial charge >= 0.3 is 0 Å². The van der Waals surface area contributed by atoms with Gasteiger partial charge in [-0.15, -0.1) is 0 Å². The Labute approximate surface area is 94.6 Å². The Morgan fingerprint density at radius 3 is 2.47 bits per heavy atom. The molecule has 1 aliphatic heterocycles. The van der Waals surface area contributed by atoms with Gasteiger partial charge in [0.1, 0.15) is 0 Å². The summed E-state index contributed by atoms with van der Waals surface area (Å²) in [6.07, 6.45) is 1.10. The third kappa shape index (κ3) is 2.92. The molecule has 3 nitrogen and oxygen atoms in total. The van der Waals surface area contributed by atoms with Gasteiger partial charge in [-0.3, -0.25) is 9.80 Å². The van der Waals surface area contributed by atoms with E-state index in [1.165, 1.54) is 0 Å². The van der Waals surface area contributed by atoms with E-state index in [1.54, 1.807) is 0 Å². The van der Waals surface area contributed by atoms with E-state index in [2.05, 4.69) is 44.5 Å². The second kappa shape index (κ2) is 4.81. The molecule has 0 aromatic heterocycles. The number of piperazine rings is 1. The first-order valence-corrected chi connectivity index (χ1v) is 6.05. The van der Waals surface area contributed by atoms with E-state index in [4.69, 9.17) is 5.73 Å². The second-order valence-corrected chi connectivity index (χ2v) is 5.68. The normalized spacial score (nSPS) is 28.6. The Hall–Kier alpha value is -0.120. The standard InChI is InChI=1S/C12H27N3/c1-10(2)15-8-11(6-7-13)14(5)12(3,4)9-15/h10-11H,6-9,13H2,1-5H3. The van der Waals surface area contributed by atoms with E-state index >= 15 is 0 Å². The Morgan fingerprint density at radius 1 is 1.40 bits per heavy atom. The molecule has 0 bridgehead atoms. The minimum Gasteiger partial charge on any atom is -0.330 e. The van der Waals surface area contributed by atoms with Crippen LogP contribution in [0.15, 0.2) is 0 Å². The van der Waals surface area contributed by atoms with Gasteiger partial charge in [0.2, 0.25) is 0 Å². The molecule has 2 N–H and O–H groups in total. The van der Waals surface area contributed by atoms with E-state index in [0.29, 0.717) is 12.1 Å². The predicted molar refractivity (Wildman–Crippen MR) is 66.0 cm³/mol. The summed E-state index contributed by atoms with van der Waals surface area (Å²) in [5.74, 6) is 0. The van der Waals surface area contributed by atoms with Crippen LogP contribution in [0.5, 0.6) is 0 Å². The van der Waals surface area contributed by atoms with Crippen LogP contribution in [0.2, 0.25) is 0 Å². The van der Waals surface area contributed by atoms with Crippen LogP contribution in [-0.4, -0.2) is 54.1 Å². The molecule has 90 valence electrons. The van der Waals surface area contributed by atoms with Crippen LogP contribution < -0.4 is 5.73 Å². The number of likely N-dealkylation sites (N-methyl/N-ethyl adjacent to an activating group) is 1. The van der Waals surface area contributed by atoms with Crippen LogP contribution in [0.4, 0.5) is 0 Å². The Kier molecular flexibility index (Phi) is 4.15.